The zero-order chi connectivity index (χ0) is 16.2. The highest BCUT2D eigenvalue weighted by Crippen LogP contribution is 2.18. The number of rotatable bonds is 4. The van der Waals surface area contributed by atoms with E-state index >= 15 is 0 Å². The summed E-state index contributed by atoms with van der Waals surface area (Å²) in [5, 5.41) is 2.81. The number of anilines is 1. The van der Waals surface area contributed by atoms with E-state index in [0.717, 1.165) is 37.3 Å². The molecule has 1 aromatic carbocycles. The number of halogens is 1. The summed E-state index contributed by atoms with van der Waals surface area (Å²) >= 11 is 0. The Morgan fingerprint density at radius 1 is 1.22 bits per heavy atom. The van der Waals surface area contributed by atoms with Crippen LogP contribution in [0.15, 0.2) is 30.3 Å². The number of aryl methyl sites for hydroxylation is 1. The van der Waals surface area contributed by atoms with Gasteiger partial charge in [0.1, 0.15) is 23.2 Å². The number of aromatic nitrogens is 2. The fourth-order valence-corrected chi connectivity index (χ4v) is 2.65. The lowest BCUT2D eigenvalue weighted by atomic mass is 10.2. The van der Waals surface area contributed by atoms with Crippen LogP contribution in [0.3, 0.4) is 0 Å². The van der Waals surface area contributed by atoms with E-state index in [2.05, 4.69) is 20.2 Å². The molecule has 0 saturated carbocycles. The molecule has 0 bridgehead atoms. The number of carbonyl (C=O) groups excluding carboxylic acids is 1. The quantitative estimate of drug-likeness (QED) is 0.942. The predicted molar refractivity (Wildman–Crippen MR) is 85.8 cm³/mol. The topological polar surface area (TPSA) is 58.1 Å². The molecule has 0 atom stereocenters. The molecule has 0 aliphatic carbocycles. The van der Waals surface area contributed by atoms with Gasteiger partial charge in [0.25, 0.3) is 5.91 Å². The number of amides is 1. The van der Waals surface area contributed by atoms with Crippen molar-refractivity contribution in [3.8, 4) is 0 Å². The molecule has 120 valence electrons. The summed E-state index contributed by atoms with van der Waals surface area (Å²) in [6.07, 6.45) is 2.30. The van der Waals surface area contributed by atoms with Crippen LogP contribution in [0, 0.1) is 12.7 Å². The minimum atomic E-state index is -0.290. The van der Waals surface area contributed by atoms with Crippen LogP contribution < -0.4 is 10.2 Å². The second kappa shape index (κ2) is 6.73. The molecular formula is C17H19FN4O. The van der Waals surface area contributed by atoms with Crippen LogP contribution in [0.2, 0.25) is 0 Å². The number of benzene rings is 1. The van der Waals surface area contributed by atoms with E-state index in [1.165, 1.54) is 12.1 Å². The van der Waals surface area contributed by atoms with Crippen LogP contribution in [-0.2, 0) is 6.54 Å². The molecule has 0 radical (unpaired) electrons. The predicted octanol–water partition coefficient (Wildman–Crippen LogP) is 2.45. The zero-order valence-electron chi connectivity index (χ0n) is 13.1. The number of hydrogen-bond acceptors (Lipinski definition) is 4. The highest BCUT2D eigenvalue weighted by molar-refractivity contribution is 5.92. The Kier molecular flexibility index (Phi) is 4.50. The first kappa shape index (κ1) is 15.4. The van der Waals surface area contributed by atoms with E-state index in [9.17, 15) is 9.18 Å². The molecule has 1 fully saturated rings. The lowest BCUT2D eigenvalue weighted by Crippen LogP contribution is -2.26. The van der Waals surface area contributed by atoms with Crippen molar-refractivity contribution in [2.45, 2.75) is 26.3 Å². The summed E-state index contributed by atoms with van der Waals surface area (Å²) in [6.45, 7) is 4.05. The molecule has 1 aliphatic heterocycles. The molecule has 2 heterocycles. The Hall–Kier alpha value is -2.50. The van der Waals surface area contributed by atoms with Crippen molar-refractivity contribution in [1.29, 1.82) is 0 Å². The van der Waals surface area contributed by atoms with Gasteiger partial charge < -0.3 is 10.2 Å². The van der Waals surface area contributed by atoms with E-state index < -0.39 is 0 Å². The SMILES string of the molecule is Cc1nc(C(=O)NCc2ccc(F)cc2)cc(N2CCCC2)n1. The first-order valence-corrected chi connectivity index (χ1v) is 7.75. The third-order valence-corrected chi connectivity index (χ3v) is 3.85. The van der Waals surface area contributed by atoms with Gasteiger partial charge >= 0.3 is 0 Å². The number of nitrogens with zero attached hydrogens (tertiary/aromatic N) is 3. The van der Waals surface area contributed by atoms with Gasteiger partial charge in [-0.2, -0.15) is 0 Å². The molecule has 1 aliphatic rings. The average Bonchev–Trinajstić information content (AvgIpc) is 3.08. The average molecular weight is 314 g/mol. The molecule has 1 amide bonds. The van der Waals surface area contributed by atoms with E-state index in [1.807, 2.05) is 0 Å². The highest BCUT2D eigenvalue weighted by Gasteiger charge is 2.17. The van der Waals surface area contributed by atoms with Gasteiger partial charge in [0, 0.05) is 25.7 Å². The molecule has 5 nitrogen and oxygen atoms in total. The number of hydrogen-bond donors (Lipinski definition) is 1. The van der Waals surface area contributed by atoms with Gasteiger partial charge in [0.2, 0.25) is 0 Å². The molecule has 0 spiro atoms. The molecule has 1 aromatic heterocycles. The molecule has 3 rings (SSSR count). The molecule has 0 unspecified atom stereocenters. The van der Waals surface area contributed by atoms with Crippen LogP contribution >= 0.6 is 0 Å². The Labute approximate surface area is 134 Å². The van der Waals surface area contributed by atoms with Gasteiger partial charge in [-0.15, -0.1) is 0 Å². The molecule has 6 heteroatoms. The van der Waals surface area contributed by atoms with Crippen LogP contribution in [0.25, 0.3) is 0 Å². The van der Waals surface area contributed by atoms with Gasteiger partial charge in [-0.3, -0.25) is 4.79 Å². The second-order valence-corrected chi connectivity index (χ2v) is 5.66. The summed E-state index contributed by atoms with van der Waals surface area (Å²) in [7, 11) is 0. The van der Waals surface area contributed by atoms with Gasteiger partial charge in [-0.25, -0.2) is 14.4 Å². The zero-order valence-corrected chi connectivity index (χ0v) is 13.1. The summed E-state index contributed by atoms with van der Waals surface area (Å²) < 4.78 is 12.9. The van der Waals surface area contributed by atoms with Gasteiger partial charge in [-0.05, 0) is 37.5 Å². The van der Waals surface area contributed by atoms with Crippen LogP contribution in [-0.4, -0.2) is 29.0 Å². The smallest absolute Gasteiger partial charge is 0.270 e. The van der Waals surface area contributed by atoms with E-state index in [4.69, 9.17) is 0 Å². The molecular weight excluding hydrogens is 295 g/mol. The largest absolute Gasteiger partial charge is 0.356 e. The number of carbonyl (C=O) groups is 1. The van der Waals surface area contributed by atoms with Crippen molar-refractivity contribution < 1.29 is 9.18 Å². The fourth-order valence-electron chi connectivity index (χ4n) is 2.65. The maximum Gasteiger partial charge on any atom is 0.270 e. The summed E-state index contributed by atoms with van der Waals surface area (Å²) in [5.74, 6) is 0.852. The third-order valence-electron chi connectivity index (χ3n) is 3.85. The van der Waals surface area contributed by atoms with Crippen molar-refractivity contribution in [3.63, 3.8) is 0 Å². The van der Waals surface area contributed by atoms with Crippen molar-refractivity contribution >= 4 is 11.7 Å². The third kappa shape index (κ3) is 3.83. The second-order valence-electron chi connectivity index (χ2n) is 5.66. The summed E-state index contributed by atoms with van der Waals surface area (Å²) in [4.78, 5) is 23.1. The first-order valence-electron chi connectivity index (χ1n) is 7.75. The first-order chi connectivity index (χ1) is 11.1. The lowest BCUT2D eigenvalue weighted by molar-refractivity contribution is 0.0945. The Morgan fingerprint density at radius 3 is 2.61 bits per heavy atom. The maximum absolute atomic E-state index is 12.9. The van der Waals surface area contributed by atoms with Crippen molar-refractivity contribution in [3.05, 3.63) is 53.2 Å². The van der Waals surface area contributed by atoms with Crippen LogP contribution in [0.1, 0.15) is 34.7 Å². The van der Waals surface area contributed by atoms with E-state index in [0.29, 0.717) is 18.1 Å². The van der Waals surface area contributed by atoms with E-state index in [-0.39, 0.29) is 11.7 Å². The molecule has 2 aromatic rings. The molecule has 1 N–H and O–H groups in total. The van der Waals surface area contributed by atoms with Crippen molar-refractivity contribution in [2.75, 3.05) is 18.0 Å². The monoisotopic (exact) mass is 314 g/mol. The highest BCUT2D eigenvalue weighted by atomic mass is 19.1. The van der Waals surface area contributed by atoms with Crippen molar-refractivity contribution in [1.82, 2.24) is 15.3 Å². The number of nitrogens with one attached hydrogen (secondary N) is 1. The lowest BCUT2D eigenvalue weighted by Gasteiger charge is -2.17. The van der Waals surface area contributed by atoms with Gasteiger partial charge in [0.15, 0.2) is 0 Å². The van der Waals surface area contributed by atoms with Crippen LogP contribution in [0.4, 0.5) is 10.2 Å². The minimum Gasteiger partial charge on any atom is -0.356 e. The Balaban J connectivity index is 1.70. The molecule has 23 heavy (non-hydrogen) atoms. The summed E-state index contributed by atoms with van der Waals surface area (Å²) in [6, 6.07) is 7.79. The minimum absolute atomic E-state index is 0.250. The Bertz CT molecular complexity index is 696. The van der Waals surface area contributed by atoms with Crippen LogP contribution in [0.5, 0.6) is 0 Å². The van der Waals surface area contributed by atoms with Gasteiger partial charge in [0.05, 0.1) is 0 Å². The standard InChI is InChI=1S/C17H19FN4O/c1-12-20-15(10-16(21-12)22-8-2-3-9-22)17(23)19-11-13-4-6-14(18)7-5-13/h4-7,10H,2-3,8-9,11H2,1H3,(H,19,23). The van der Waals surface area contributed by atoms with E-state index in [1.54, 1.807) is 25.1 Å². The molecule has 1 saturated heterocycles. The fraction of sp³-hybridized carbons (Fsp3) is 0.353. The summed E-state index contributed by atoms with van der Waals surface area (Å²) in [5.41, 5.74) is 1.20. The Morgan fingerprint density at radius 2 is 1.91 bits per heavy atom. The van der Waals surface area contributed by atoms with Gasteiger partial charge in [-0.1, -0.05) is 12.1 Å². The maximum atomic E-state index is 12.9. The van der Waals surface area contributed by atoms with Crippen molar-refractivity contribution in [2.24, 2.45) is 0 Å². The normalized spacial score (nSPS) is 14.1.